The van der Waals surface area contributed by atoms with E-state index in [4.69, 9.17) is 4.74 Å². The lowest BCUT2D eigenvalue weighted by Gasteiger charge is -2.19. The van der Waals surface area contributed by atoms with Crippen LogP contribution in [0.2, 0.25) is 0 Å². The van der Waals surface area contributed by atoms with Gasteiger partial charge in [0.15, 0.2) is 0 Å². The summed E-state index contributed by atoms with van der Waals surface area (Å²) >= 11 is 0. The van der Waals surface area contributed by atoms with Crippen LogP contribution in [0.4, 0.5) is 17.5 Å². The Morgan fingerprint density at radius 3 is 2.52 bits per heavy atom. The third-order valence-corrected chi connectivity index (χ3v) is 4.93. The van der Waals surface area contributed by atoms with Crippen LogP contribution in [0.5, 0.6) is 0 Å². The van der Waals surface area contributed by atoms with Crippen LogP contribution < -0.4 is 16.0 Å². The predicted molar refractivity (Wildman–Crippen MR) is 126 cm³/mol. The molecule has 0 aliphatic carbocycles. The molecule has 9 nitrogen and oxygen atoms in total. The second kappa shape index (κ2) is 11.1. The van der Waals surface area contributed by atoms with Crippen LogP contribution in [0.15, 0.2) is 54.7 Å². The number of carbonyl (C=O) groups is 2. The number of aromatic nitrogens is 2. The van der Waals surface area contributed by atoms with Crippen molar-refractivity contribution >= 4 is 29.3 Å². The SMILES string of the molecule is CCOC(=O)c1cnc(Nc2ccc(C(=O)NC)c(C)c2)nc1N[C@H](CO)c1ccccc1. The molecule has 4 N–H and O–H groups in total. The molecule has 1 atom stereocenters. The molecule has 3 rings (SSSR count). The quantitative estimate of drug-likeness (QED) is 0.367. The van der Waals surface area contributed by atoms with E-state index in [9.17, 15) is 14.7 Å². The van der Waals surface area contributed by atoms with E-state index < -0.39 is 12.0 Å². The van der Waals surface area contributed by atoms with E-state index in [1.165, 1.54) is 6.20 Å². The molecule has 0 spiro atoms. The van der Waals surface area contributed by atoms with Crippen molar-refractivity contribution in [2.24, 2.45) is 0 Å². The van der Waals surface area contributed by atoms with Gasteiger partial charge in [-0.15, -0.1) is 0 Å². The van der Waals surface area contributed by atoms with E-state index in [1.807, 2.05) is 37.3 Å². The molecule has 0 radical (unpaired) electrons. The molecule has 1 heterocycles. The molecule has 0 bridgehead atoms. The summed E-state index contributed by atoms with van der Waals surface area (Å²) in [6.45, 7) is 3.54. The van der Waals surface area contributed by atoms with Gasteiger partial charge >= 0.3 is 5.97 Å². The predicted octanol–water partition coefficient (Wildman–Crippen LogP) is 3.21. The lowest BCUT2D eigenvalue weighted by Crippen LogP contribution is -2.20. The number of carbonyl (C=O) groups excluding carboxylic acids is 2. The fourth-order valence-corrected chi connectivity index (χ4v) is 3.26. The van der Waals surface area contributed by atoms with Gasteiger partial charge in [0.2, 0.25) is 5.95 Å². The number of benzene rings is 2. The van der Waals surface area contributed by atoms with Crippen molar-refractivity contribution in [3.05, 3.63) is 77.0 Å². The monoisotopic (exact) mass is 449 g/mol. The van der Waals surface area contributed by atoms with E-state index in [1.54, 1.807) is 32.2 Å². The van der Waals surface area contributed by atoms with Crippen molar-refractivity contribution in [1.29, 1.82) is 0 Å². The topological polar surface area (TPSA) is 125 Å². The van der Waals surface area contributed by atoms with Gasteiger partial charge in [0, 0.05) is 24.5 Å². The first-order chi connectivity index (χ1) is 16.0. The molecular formula is C24H27N5O4. The highest BCUT2D eigenvalue weighted by molar-refractivity contribution is 5.96. The highest BCUT2D eigenvalue weighted by atomic mass is 16.5. The molecule has 33 heavy (non-hydrogen) atoms. The van der Waals surface area contributed by atoms with Crippen LogP contribution in [0.1, 0.15) is 44.8 Å². The Morgan fingerprint density at radius 1 is 1.12 bits per heavy atom. The van der Waals surface area contributed by atoms with Gasteiger partial charge in [-0.1, -0.05) is 30.3 Å². The van der Waals surface area contributed by atoms with E-state index in [0.717, 1.165) is 11.1 Å². The number of aliphatic hydroxyl groups is 1. The van der Waals surface area contributed by atoms with Crippen molar-refractivity contribution in [2.45, 2.75) is 19.9 Å². The number of ether oxygens (including phenoxy) is 1. The summed E-state index contributed by atoms with van der Waals surface area (Å²) in [6.07, 6.45) is 1.38. The standard InChI is InChI=1S/C24H27N5O4/c1-4-33-23(32)19-13-26-24(27-17-10-11-18(15(2)12-17)22(31)25-3)29-21(19)28-20(14-30)16-8-6-5-7-9-16/h5-13,20,30H,4,14H2,1-3H3,(H,25,31)(H2,26,27,28,29)/t20-/m1/s1. The van der Waals surface area contributed by atoms with E-state index in [0.29, 0.717) is 11.3 Å². The van der Waals surface area contributed by atoms with Gasteiger partial charge in [0.25, 0.3) is 5.91 Å². The largest absolute Gasteiger partial charge is 0.462 e. The Morgan fingerprint density at radius 2 is 1.88 bits per heavy atom. The molecule has 172 valence electrons. The lowest BCUT2D eigenvalue weighted by atomic mass is 10.1. The average molecular weight is 450 g/mol. The van der Waals surface area contributed by atoms with E-state index in [2.05, 4.69) is 25.9 Å². The number of nitrogens with zero attached hydrogens (tertiary/aromatic N) is 2. The Bertz CT molecular complexity index is 1120. The normalized spacial score (nSPS) is 11.4. The van der Waals surface area contributed by atoms with Crippen LogP contribution in [0, 0.1) is 6.92 Å². The molecule has 0 saturated carbocycles. The summed E-state index contributed by atoms with van der Waals surface area (Å²) in [7, 11) is 1.58. The zero-order valence-electron chi connectivity index (χ0n) is 18.8. The summed E-state index contributed by atoms with van der Waals surface area (Å²) < 4.78 is 5.13. The zero-order chi connectivity index (χ0) is 23.8. The van der Waals surface area contributed by atoms with E-state index in [-0.39, 0.29) is 36.5 Å². The number of rotatable bonds is 9. The first-order valence-corrected chi connectivity index (χ1v) is 10.5. The molecule has 0 fully saturated rings. The third-order valence-electron chi connectivity index (χ3n) is 4.93. The molecule has 0 aliphatic heterocycles. The van der Waals surface area contributed by atoms with Gasteiger partial charge in [-0.3, -0.25) is 4.79 Å². The number of hydrogen-bond acceptors (Lipinski definition) is 8. The van der Waals surface area contributed by atoms with Gasteiger partial charge in [-0.05, 0) is 43.2 Å². The maximum Gasteiger partial charge on any atom is 0.343 e. The Labute approximate surface area is 192 Å². The van der Waals surface area contributed by atoms with Crippen molar-refractivity contribution < 1.29 is 19.4 Å². The second-order valence-electron chi connectivity index (χ2n) is 7.20. The average Bonchev–Trinajstić information content (AvgIpc) is 2.83. The number of hydrogen-bond donors (Lipinski definition) is 4. The number of aliphatic hydroxyl groups excluding tert-OH is 1. The summed E-state index contributed by atoms with van der Waals surface area (Å²) in [4.78, 5) is 33.1. The number of aryl methyl sites for hydroxylation is 1. The Hall–Kier alpha value is -3.98. The number of amides is 1. The van der Waals surface area contributed by atoms with Crippen LogP contribution in [0.3, 0.4) is 0 Å². The van der Waals surface area contributed by atoms with Crippen LogP contribution in [0.25, 0.3) is 0 Å². The first kappa shape index (κ1) is 23.7. The fraction of sp³-hybridized carbons (Fsp3) is 0.250. The van der Waals surface area contributed by atoms with Crippen molar-refractivity contribution in [3.8, 4) is 0 Å². The van der Waals surface area contributed by atoms with Gasteiger partial charge in [-0.25, -0.2) is 9.78 Å². The van der Waals surface area contributed by atoms with Crippen LogP contribution >= 0.6 is 0 Å². The molecule has 2 aromatic carbocycles. The zero-order valence-corrected chi connectivity index (χ0v) is 18.8. The minimum Gasteiger partial charge on any atom is -0.462 e. The summed E-state index contributed by atoms with van der Waals surface area (Å²) in [6, 6.07) is 14.1. The van der Waals surface area contributed by atoms with Gasteiger partial charge in [0.1, 0.15) is 11.4 Å². The lowest BCUT2D eigenvalue weighted by molar-refractivity contribution is 0.0526. The minimum atomic E-state index is -0.568. The summed E-state index contributed by atoms with van der Waals surface area (Å²) in [5.74, 6) is -0.270. The number of anilines is 3. The third kappa shape index (κ3) is 5.83. The Balaban J connectivity index is 1.92. The van der Waals surface area contributed by atoms with Gasteiger partial charge in [0.05, 0.1) is 19.3 Å². The molecule has 0 saturated heterocycles. The van der Waals surface area contributed by atoms with Crippen molar-refractivity contribution in [3.63, 3.8) is 0 Å². The molecule has 1 amide bonds. The maximum absolute atomic E-state index is 12.5. The second-order valence-corrected chi connectivity index (χ2v) is 7.20. The highest BCUT2D eigenvalue weighted by Gasteiger charge is 2.20. The number of esters is 1. The number of nitrogens with one attached hydrogen (secondary N) is 3. The minimum absolute atomic E-state index is 0.155. The maximum atomic E-state index is 12.5. The first-order valence-electron chi connectivity index (χ1n) is 10.5. The van der Waals surface area contributed by atoms with Crippen molar-refractivity contribution in [2.75, 3.05) is 30.9 Å². The molecule has 3 aromatic rings. The molecule has 0 aliphatic rings. The molecule has 0 unspecified atom stereocenters. The molecule has 1 aromatic heterocycles. The molecular weight excluding hydrogens is 422 g/mol. The summed E-state index contributed by atoms with van der Waals surface area (Å²) in [5, 5.41) is 18.8. The van der Waals surface area contributed by atoms with Crippen LogP contribution in [-0.2, 0) is 4.74 Å². The van der Waals surface area contributed by atoms with Gasteiger partial charge < -0.3 is 25.8 Å². The van der Waals surface area contributed by atoms with Gasteiger partial charge in [-0.2, -0.15) is 4.98 Å². The smallest absolute Gasteiger partial charge is 0.343 e. The Kier molecular flexibility index (Phi) is 7.93. The molecule has 9 heteroatoms. The highest BCUT2D eigenvalue weighted by Crippen LogP contribution is 2.24. The van der Waals surface area contributed by atoms with Crippen LogP contribution in [-0.4, -0.2) is 47.2 Å². The fourth-order valence-electron chi connectivity index (χ4n) is 3.26. The summed E-state index contributed by atoms with van der Waals surface area (Å²) in [5.41, 5.74) is 3.02. The van der Waals surface area contributed by atoms with Crippen molar-refractivity contribution in [1.82, 2.24) is 15.3 Å². The van der Waals surface area contributed by atoms with E-state index >= 15 is 0 Å².